The monoisotopic (exact) mass is 262 g/mol. The summed E-state index contributed by atoms with van der Waals surface area (Å²) in [7, 11) is -9.79. The standard InChI is InChI=1S/C4H12N2O7P2/c7-14(8,9)13-15(10,11)12-4-3-5-1-2-6-4/h4-6H,1-3H2,(H,10,11)(H2,7,8,9). The summed E-state index contributed by atoms with van der Waals surface area (Å²) < 4.78 is 29.5. The van der Waals surface area contributed by atoms with Crippen LogP contribution in [0.4, 0.5) is 0 Å². The number of hydrogen-bond donors (Lipinski definition) is 5. The molecule has 1 rings (SSSR count). The molecule has 0 aromatic rings. The molecule has 2 atom stereocenters. The van der Waals surface area contributed by atoms with Gasteiger partial charge in [-0.15, -0.1) is 0 Å². The van der Waals surface area contributed by atoms with E-state index < -0.39 is 21.9 Å². The highest BCUT2D eigenvalue weighted by molar-refractivity contribution is 7.60. The fourth-order valence-corrected chi connectivity index (χ4v) is 2.72. The minimum atomic E-state index is -5.04. The largest absolute Gasteiger partial charge is 0.482 e. The molecule has 0 saturated carbocycles. The molecule has 0 aromatic heterocycles. The van der Waals surface area contributed by atoms with E-state index in [0.29, 0.717) is 13.1 Å². The van der Waals surface area contributed by atoms with E-state index in [1.54, 1.807) is 0 Å². The predicted octanol–water partition coefficient (Wildman–Crippen LogP) is -1.27. The summed E-state index contributed by atoms with van der Waals surface area (Å²) in [5, 5.41) is 5.56. The molecule has 90 valence electrons. The van der Waals surface area contributed by atoms with Crippen LogP contribution >= 0.6 is 15.6 Å². The van der Waals surface area contributed by atoms with Crippen LogP contribution in [-0.2, 0) is 18.0 Å². The predicted molar refractivity (Wildman–Crippen MR) is 48.7 cm³/mol. The van der Waals surface area contributed by atoms with Crippen molar-refractivity contribution < 1.29 is 32.6 Å². The minimum absolute atomic E-state index is 0.245. The van der Waals surface area contributed by atoms with E-state index in [-0.39, 0.29) is 6.54 Å². The van der Waals surface area contributed by atoms with Gasteiger partial charge in [0.25, 0.3) is 0 Å². The van der Waals surface area contributed by atoms with Crippen molar-refractivity contribution in [3.05, 3.63) is 0 Å². The van der Waals surface area contributed by atoms with Gasteiger partial charge in [-0.1, -0.05) is 0 Å². The molecule has 0 bridgehead atoms. The maximum Gasteiger partial charge on any atom is 0.482 e. The van der Waals surface area contributed by atoms with Crippen LogP contribution < -0.4 is 10.6 Å². The van der Waals surface area contributed by atoms with Gasteiger partial charge < -0.3 is 20.0 Å². The summed E-state index contributed by atoms with van der Waals surface area (Å²) in [6, 6.07) is 0. The molecule has 0 spiro atoms. The van der Waals surface area contributed by atoms with Crippen LogP contribution in [0.3, 0.4) is 0 Å². The third kappa shape index (κ3) is 5.72. The third-order valence-corrected chi connectivity index (χ3v) is 3.67. The summed E-state index contributed by atoms with van der Waals surface area (Å²) in [5.74, 6) is 0. The van der Waals surface area contributed by atoms with Crippen molar-refractivity contribution >= 4 is 15.6 Å². The molecule has 0 radical (unpaired) electrons. The van der Waals surface area contributed by atoms with Gasteiger partial charge in [-0.25, -0.2) is 9.13 Å². The number of phosphoric ester groups is 1. The van der Waals surface area contributed by atoms with Gasteiger partial charge in [-0.2, -0.15) is 4.31 Å². The Morgan fingerprint density at radius 1 is 1.20 bits per heavy atom. The summed E-state index contributed by atoms with van der Waals surface area (Å²) in [4.78, 5) is 25.6. The molecule has 1 heterocycles. The first-order valence-corrected chi connectivity index (χ1v) is 7.03. The summed E-state index contributed by atoms with van der Waals surface area (Å²) in [6.45, 7) is 1.44. The van der Waals surface area contributed by atoms with Gasteiger partial charge in [0.15, 0.2) is 0 Å². The van der Waals surface area contributed by atoms with E-state index in [9.17, 15) is 9.13 Å². The molecule has 1 saturated heterocycles. The maximum absolute atomic E-state index is 11.0. The van der Waals surface area contributed by atoms with Gasteiger partial charge in [-0.05, 0) is 0 Å². The Labute approximate surface area is 85.6 Å². The SMILES string of the molecule is O=P(O)(O)OP(=O)(O)OC1CNCCN1. The normalized spacial score (nSPS) is 27.3. The fraction of sp³-hybridized carbons (Fsp3) is 1.00. The zero-order valence-corrected chi connectivity index (χ0v) is 9.36. The molecule has 5 N–H and O–H groups in total. The zero-order chi connectivity index (χ0) is 11.5. The molecular weight excluding hydrogens is 250 g/mol. The molecule has 1 fully saturated rings. The Morgan fingerprint density at radius 2 is 1.87 bits per heavy atom. The lowest BCUT2D eigenvalue weighted by Crippen LogP contribution is -2.49. The van der Waals surface area contributed by atoms with E-state index in [1.165, 1.54) is 0 Å². The molecular formula is C4H12N2O7P2. The van der Waals surface area contributed by atoms with Gasteiger partial charge in [0.1, 0.15) is 6.23 Å². The zero-order valence-electron chi connectivity index (χ0n) is 7.57. The van der Waals surface area contributed by atoms with Gasteiger partial charge >= 0.3 is 15.6 Å². The van der Waals surface area contributed by atoms with Crippen LogP contribution in [0, 0.1) is 0 Å². The van der Waals surface area contributed by atoms with E-state index in [4.69, 9.17) is 14.7 Å². The van der Waals surface area contributed by atoms with Crippen LogP contribution in [0.5, 0.6) is 0 Å². The molecule has 0 aromatic carbocycles. The van der Waals surface area contributed by atoms with Crippen molar-refractivity contribution in [2.45, 2.75) is 6.23 Å². The smallest absolute Gasteiger partial charge is 0.312 e. The number of hydrogen-bond acceptors (Lipinski definition) is 6. The second-order valence-electron chi connectivity index (χ2n) is 2.79. The maximum atomic E-state index is 11.0. The molecule has 1 aliphatic rings. The number of piperazine rings is 1. The average molecular weight is 262 g/mol. The minimum Gasteiger partial charge on any atom is -0.312 e. The van der Waals surface area contributed by atoms with Crippen molar-refractivity contribution in [1.29, 1.82) is 0 Å². The first kappa shape index (κ1) is 13.2. The van der Waals surface area contributed by atoms with Crippen molar-refractivity contribution in [1.82, 2.24) is 10.6 Å². The summed E-state index contributed by atoms with van der Waals surface area (Å²) >= 11 is 0. The van der Waals surface area contributed by atoms with Crippen LogP contribution in [0.15, 0.2) is 0 Å². The summed E-state index contributed by atoms with van der Waals surface area (Å²) in [6.07, 6.45) is -0.818. The van der Waals surface area contributed by atoms with Gasteiger partial charge in [0, 0.05) is 19.6 Å². The Morgan fingerprint density at radius 3 is 2.33 bits per heavy atom. The second-order valence-corrected chi connectivity index (χ2v) is 5.58. The van der Waals surface area contributed by atoms with Crippen LogP contribution in [0.25, 0.3) is 0 Å². The Bertz CT molecular complexity index is 297. The van der Waals surface area contributed by atoms with E-state index in [2.05, 4.69) is 19.5 Å². The van der Waals surface area contributed by atoms with Crippen molar-refractivity contribution in [2.24, 2.45) is 0 Å². The number of phosphoric acid groups is 2. The molecule has 2 unspecified atom stereocenters. The lowest BCUT2D eigenvalue weighted by Gasteiger charge is -2.25. The molecule has 0 amide bonds. The first-order valence-electron chi connectivity index (χ1n) is 4.01. The van der Waals surface area contributed by atoms with Crippen LogP contribution in [0.2, 0.25) is 0 Å². The molecule has 9 nitrogen and oxygen atoms in total. The van der Waals surface area contributed by atoms with Crippen LogP contribution in [0.1, 0.15) is 0 Å². The fourth-order valence-electron chi connectivity index (χ4n) is 1.02. The van der Waals surface area contributed by atoms with Crippen molar-refractivity contribution in [3.8, 4) is 0 Å². The molecule has 1 aliphatic heterocycles. The Kier molecular flexibility index (Phi) is 4.42. The lowest BCUT2D eigenvalue weighted by molar-refractivity contribution is 0.0938. The van der Waals surface area contributed by atoms with Gasteiger partial charge in [0.2, 0.25) is 0 Å². The Balaban J connectivity index is 2.47. The van der Waals surface area contributed by atoms with Crippen LogP contribution in [-0.4, -0.2) is 40.5 Å². The highest BCUT2D eigenvalue weighted by atomic mass is 31.3. The quantitative estimate of drug-likeness (QED) is 0.392. The van der Waals surface area contributed by atoms with E-state index in [0.717, 1.165) is 0 Å². The topological polar surface area (TPSA) is 137 Å². The highest BCUT2D eigenvalue weighted by Crippen LogP contribution is 2.57. The highest BCUT2D eigenvalue weighted by Gasteiger charge is 2.35. The van der Waals surface area contributed by atoms with E-state index in [1.807, 2.05) is 0 Å². The molecule has 15 heavy (non-hydrogen) atoms. The summed E-state index contributed by atoms with van der Waals surface area (Å²) in [5.41, 5.74) is 0. The first-order chi connectivity index (χ1) is 6.79. The second kappa shape index (κ2) is 5.01. The number of rotatable bonds is 4. The van der Waals surface area contributed by atoms with Gasteiger partial charge in [0.05, 0.1) is 0 Å². The van der Waals surface area contributed by atoms with Crippen molar-refractivity contribution in [3.63, 3.8) is 0 Å². The van der Waals surface area contributed by atoms with Crippen molar-refractivity contribution in [2.75, 3.05) is 19.6 Å². The molecule has 11 heteroatoms. The van der Waals surface area contributed by atoms with Gasteiger partial charge in [-0.3, -0.25) is 9.84 Å². The number of nitrogens with one attached hydrogen (secondary N) is 2. The average Bonchev–Trinajstić information content (AvgIpc) is 1.99. The lowest BCUT2D eigenvalue weighted by atomic mass is 10.4. The third-order valence-electron chi connectivity index (χ3n) is 1.47. The Hall–Kier alpha value is 0.180. The van der Waals surface area contributed by atoms with E-state index >= 15 is 0 Å². The molecule has 0 aliphatic carbocycles.